The van der Waals surface area contributed by atoms with E-state index in [1.807, 2.05) is 12.1 Å². The normalized spacial score (nSPS) is 16.7. The van der Waals surface area contributed by atoms with Crippen LogP contribution in [0.25, 0.3) is 11.3 Å². The number of methoxy groups -OCH3 is 1. The van der Waals surface area contributed by atoms with Gasteiger partial charge in [0.25, 0.3) is 10.0 Å². The molecule has 0 radical (unpaired) electrons. The first-order chi connectivity index (χ1) is 18.0. The van der Waals surface area contributed by atoms with Gasteiger partial charge in [-0.25, -0.2) is 8.42 Å². The maximum absolute atomic E-state index is 13.1. The first-order valence-electron chi connectivity index (χ1n) is 12.8. The van der Waals surface area contributed by atoms with E-state index < -0.39 is 10.0 Å². The molecule has 1 aliphatic heterocycles. The number of sulfonamides is 1. The van der Waals surface area contributed by atoms with Gasteiger partial charge in [0.15, 0.2) is 0 Å². The predicted octanol–water partition coefficient (Wildman–Crippen LogP) is 6.61. The van der Waals surface area contributed by atoms with Crippen molar-refractivity contribution in [1.29, 1.82) is 0 Å². The number of hydrogen-bond donors (Lipinski definition) is 2. The average Bonchev–Trinajstić information content (AvgIpc) is 3.26. The molecule has 3 aromatic carbocycles. The van der Waals surface area contributed by atoms with Crippen LogP contribution in [0, 0.1) is 0 Å². The number of likely N-dealkylation sites (tertiary alicyclic amines) is 1. The Labute approximate surface area is 219 Å². The second-order valence-electron chi connectivity index (χ2n) is 9.48. The van der Waals surface area contributed by atoms with Gasteiger partial charge in [-0.1, -0.05) is 61.4 Å². The summed E-state index contributed by atoms with van der Waals surface area (Å²) in [4.78, 5) is 6.27. The lowest BCUT2D eigenvalue weighted by Gasteiger charge is -2.30. The van der Waals surface area contributed by atoms with Gasteiger partial charge >= 0.3 is 0 Å². The largest absolute Gasteiger partial charge is 0.496 e. The lowest BCUT2D eigenvalue weighted by Crippen LogP contribution is -2.28. The first kappa shape index (κ1) is 25.1. The number of anilines is 1. The number of nitrogens with zero attached hydrogens (tertiary/aromatic N) is 1. The molecule has 2 heterocycles. The van der Waals surface area contributed by atoms with Crippen molar-refractivity contribution < 1.29 is 13.2 Å². The van der Waals surface area contributed by atoms with Crippen LogP contribution in [0.5, 0.6) is 5.75 Å². The quantitative estimate of drug-likeness (QED) is 0.277. The zero-order valence-electron chi connectivity index (χ0n) is 21.1. The third kappa shape index (κ3) is 5.89. The van der Waals surface area contributed by atoms with Crippen LogP contribution in [-0.2, 0) is 16.6 Å². The molecular formula is C30H33N3O3S. The summed E-state index contributed by atoms with van der Waals surface area (Å²) in [6, 6.07) is 29.1. The molecule has 1 aliphatic rings. The van der Waals surface area contributed by atoms with Gasteiger partial charge in [-0.15, -0.1) is 0 Å². The van der Waals surface area contributed by atoms with E-state index in [2.05, 4.69) is 51.0 Å². The number of benzene rings is 3. The minimum atomic E-state index is -3.75. The highest BCUT2D eigenvalue weighted by Crippen LogP contribution is 2.34. The lowest BCUT2D eigenvalue weighted by atomic mass is 10.0. The van der Waals surface area contributed by atoms with E-state index in [9.17, 15) is 8.42 Å². The maximum atomic E-state index is 13.1. The van der Waals surface area contributed by atoms with Gasteiger partial charge in [-0.3, -0.25) is 9.62 Å². The fourth-order valence-corrected chi connectivity index (χ4v) is 6.19. The summed E-state index contributed by atoms with van der Waals surface area (Å²) in [7, 11) is -2.16. The Morgan fingerprint density at radius 2 is 1.68 bits per heavy atom. The van der Waals surface area contributed by atoms with Crippen molar-refractivity contribution in [1.82, 2.24) is 9.88 Å². The van der Waals surface area contributed by atoms with Crippen LogP contribution >= 0.6 is 0 Å². The summed E-state index contributed by atoms with van der Waals surface area (Å²) in [5.74, 6) is 0.615. The smallest absolute Gasteiger partial charge is 0.261 e. The van der Waals surface area contributed by atoms with Crippen molar-refractivity contribution in [3.63, 3.8) is 0 Å². The Morgan fingerprint density at radius 3 is 2.43 bits per heavy atom. The van der Waals surface area contributed by atoms with Crippen molar-refractivity contribution in [3.8, 4) is 17.0 Å². The highest BCUT2D eigenvalue weighted by molar-refractivity contribution is 7.92. The molecule has 5 rings (SSSR count). The minimum absolute atomic E-state index is 0.181. The SMILES string of the molecule is COc1ccc(S(=O)(=O)Nc2ccccc2)cc1-c1ccc(CN2CCCCC[C@@H]2c2ccccc2)[nH]1. The molecule has 6 nitrogen and oxygen atoms in total. The molecule has 1 saturated heterocycles. The summed E-state index contributed by atoms with van der Waals surface area (Å²) in [6.45, 7) is 1.85. The number of nitrogens with one attached hydrogen (secondary N) is 2. The zero-order chi connectivity index (χ0) is 25.7. The first-order valence-corrected chi connectivity index (χ1v) is 14.2. The summed E-state index contributed by atoms with van der Waals surface area (Å²) < 4.78 is 34.4. The number of aromatic nitrogens is 1. The third-order valence-electron chi connectivity index (χ3n) is 6.97. The summed E-state index contributed by atoms with van der Waals surface area (Å²) >= 11 is 0. The molecule has 4 aromatic rings. The molecular weight excluding hydrogens is 482 g/mol. The minimum Gasteiger partial charge on any atom is -0.496 e. The third-order valence-corrected chi connectivity index (χ3v) is 8.34. The zero-order valence-corrected chi connectivity index (χ0v) is 21.9. The summed E-state index contributed by atoms with van der Waals surface area (Å²) in [6.07, 6.45) is 4.84. The molecule has 1 fully saturated rings. The molecule has 0 saturated carbocycles. The van der Waals surface area contributed by atoms with Crippen LogP contribution in [0.1, 0.15) is 43.0 Å². The molecule has 0 unspecified atom stereocenters. The maximum Gasteiger partial charge on any atom is 0.261 e. The second-order valence-corrected chi connectivity index (χ2v) is 11.2. The van der Waals surface area contributed by atoms with Crippen molar-refractivity contribution in [3.05, 3.63) is 102 Å². The topological polar surface area (TPSA) is 74.4 Å². The second kappa shape index (κ2) is 11.2. The van der Waals surface area contributed by atoms with Crippen LogP contribution < -0.4 is 9.46 Å². The highest BCUT2D eigenvalue weighted by atomic mass is 32.2. The number of aromatic amines is 1. The summed E-state index contributed by atoms with van der Waals surface area (Å²) in [5, 5.41) is 0. The van der Waals surface area contributed by atoms with E-state index in [1.54, 1.807) is 49.6 Å². The Kier molecular flexibility index (Phi) is 7.63. The van der Waals surface area contributed by atoms with Gasteiger partial charge in [0.2, 0.25) is 0 Å². The summed E-state index contributed by atoms with van der Waals surface area (Å²) in [5.41, 5.74) is 4.51. The highest BCUT2D eigenvalue weighted by Gasteiger charge is 2.24. The van der Waals surface area contributed by atoms with Crippen LogP contribution in [0.4, 0.5) is 5.69 Å². The Hall–Kier alpha value is -3.55. The van der Waals surface area contributed by atoms with E-state index in [4.69, 9.17) is 4.74 Å². The molecule has 0 amide bonds. The van der Waals surface area contributed by atoms with E-state index in [1.165, 1.54) is 24.8 Å². The number of ether oxygens (including phenoxy) is 1. The van der Waals surface area contributed by atoms with Gasteiger partial charge in [-0.05, 0) is 67.4 Å². The number of rotatable bonds is 8. The van der Waals surface area contributed by atoms with Crippen LogP contribution in [0.2, 0.25) is 0 Å². The Balaban J connectivity index is 1.40. The van der Waals surface area contributed by atoms with Crippen molar-refractivity contribution in [2.45, 2.75) is 43.2 Å². The number of hydrogen-bond acceptors (Lipinski definition) is 4. The van der Waals surface area contributed by atoms with Crippen molar-refractivity contribution in [2.75, 3.05) is 18.4 Å². The van der Waals surface area contributed by atoms with Gasteiger partial charge in [0.05, 0.1) is 12.0 Å². The van der Waals surface area contributed by atoms with Gasteiger partial charge < -0.3 is 9.72 Å². The van der Waals surface area contributed by atoms with Crippen molar-refractivity contribution in [2.24, 2.45) is 0 Å². The van der Waals surface area contributed by atoms with Gasteiger partial charge in [0, 0.05) is 35.2 Å². The molecule has 2 N–H and O–H groups in total. The molecule has 192 valence electrons. The molecule has 1 atom stereocenters. The average molecular weight is 516 g/mol. The van der Waals surface area contributed by atoms with Crippen LogP contribution in [-0.4, -0.2) is 32.0 Å². The molecule has 0 spiro atoms. The van der Waals surface area contributed by atoms with E-state index in [0.29, 0.717) is 23.0 Å². The molecule has 7 heteroatoms. The van der Waals surface area contributed by atoms with Crippen LogP contribution in [0.15, 0.2) is 95.9 Å². The monoisotopic (exact) mass is 515 g/mol. The fraction of sp³-hybridized carbons (Fsp3) is 0.267. The Bertz CT molecular complexity index is 1420. The fourth-order valence-electron chi connectivity index (χ4n) is 5.10. The number of H-pyrrole nitrogens is 1. The van der Waals surface area contributed by atoms with Gasteiger partial charge in [0.1, 0.15) is 5.75 Å². The lowest BCUT2D eigenvalue weighted by molar-refractivity contribution is 0.190. The van der Waals surface area contributed by atoms with Crippen molar-refractivity contribution >= 4 is 15.7 Å². The van der Waals surface area contributed by atoms with Gasteiger partial charge in [-0.2, -0.15) is 0 Å². The van der Waals surface area contributed by atoms with E-state index >= 15 is 0 Å². The molecule has 37 heavy (non-hydrogen) atoms. The number of para-hydroxylation sites is 1. The van der Waals surface area contributed by atoms with E-state index in [0.717, 1.165) is 30.9 Å². The molecule has 0 bridgehead atoms. The van der Waals surface area contributed by atoms with Crippen LogP contribution in [0.3, 0.4) is 0 Å². The Morgan fingerprint density at radius 1 is 0.919 bits per heavy atom. The molecule has 1 aromatic heterocycles. The standard InChI is InChI=1S/C30H33N3O3S/c1-36-30-19-17-26(37(34,35)32-24-13-7-3-8-14-24)21-27(30)28-18-16-25(31-28)22-33-20-10-4-9-15-29(33)23-11-5-2-6-12-23/h2-3,5-8,11-14,16-19,21,29,31-32H,4,9-10,15,20,22H2,1H3/t29-/m1/s1. The predicted molar refractivity (Wildman–Crippen MR) is 148 cm³/mol. The van der Waals surface area contributed by atoms with E-state index in [-0.39, 0.29) is 4.90 Å². The molecule has 0 aliphatic carbocycles.